The summed E-state index contributed by atoms with van der Waals surface area (Å²) in [6.07, 6.45) is 3.25. The first-order valence-corrected chi connectivity index (χ1v) is 4.21. The fourth-order valence-electron chi connectivity index (χ4n) is 1.16. The number of aromatic nitrogens is 3. The van der Waals surface area contributed by atoms with Crippen LogP contribution < -0.4 is 11.1 Å². The van der Waals surface area contributed by atoms with Gasteiger partial charge in [0.1, 0.15) is 12.5 Å². The zero-order valence-corrected chi connectivity index (χ0v) is 7.44. The van der Waals surface area contributed by atoms with Crippen LogP contribution in [0.1, 0.15) is 0 Å². The molecule has 0 unspecified atom stereocenters. The van der Waals surface area contributed by atoms with Crippen LogP contribution in [0.25, 0.3) is 5.65 Å². The summed E-state index contributed by atoms with van der Waals surface area (Å²) < 4.78 is 13.4. The van der Waals surface area contributed by atoms with Crippen molar-refractivity contribution in [2.24, 2.45) is 0 Å². The van der Waals surface area contributed by atoms with Gasteiger partial charge in [0.25, 0.3) is 0 Å². The summed E-state index contributed by atoms with van der Waals surface area (Å²) >= 11 is 0. The average Bonchev–Trinajstić information content (AvgIpc) is 2.57. The van der Waals surface area contributed by atoms with Crippen LogP contribution >= 0.6 is 0 Å². The second kappa shape index (κ2) is 3.49. The quantitative estimate of drug-likeness (QED) is 0.756. The molecule has 2 heterocycles. The second-order valence-corrected chi connectivity index (χ2v) is 2.80. The highest BCUT2D eigenvalue weighted by atomic mass is 19.1. The summed E-state index contributed by atoms with van der Waals surface area (Å²) in [6.45, 7) is -0.182. The van der Waals surface area contributed by atoms with Crippen LogP contribution in [0.5, 0.6) is 0 Å². The SMILES string of the molecule is Nc1cnn2ccc(NCCF)nc12. The van der Waals surface area contributed by atoms with Crippen molar-refractivity contribution in [1.29, 1.82) is 0 Å². The third-order valence-corrected chi connectivity index (χ3v) is 1.80. The largest absolute Gasteiger partial charge is 0.394 e. The van der Waals surface area contributed by atoms with Gasteiger partial charge in [-0.1, -0.05) is 0 Å². The Labute approximate surface area is 79.7 Å². The Kier molecular flexibility index (Phi) is 2.18. The van der Waals surface area contributed by atoms with E-state index in [0.717, 1.165) is 0 Å². The maximum atomic E-state index is 11.9. The summed E-state index contributed by atoms with van der Waals surface area (Å²) in [5.41, 5.74) is 6.71. The molecular weight excluding hydrogens is 185 g/mol. The first-order chi connectivity index (χ1) is 6.81. The molecule has 2 rings (SSSR count). The highest BCUT2D eigenvalue weighted by Crippen LogP contribution is 2.12. The zero-order valence-electron chi connectivity index (χ0n) is 7.44. The van der Waals surface area contributed by atoms with Gasteiger partial charge < -0.3 is 11.1 Å². The van der Waals surface area contributed by atoms with Gasteiger partial charge in [0, 0.05) is 12.7 Å². The smallest absolute Gasteiger partial charge is 0.180 e. The van der Waals surface area contributed by atoms with E-state index < -0.39 is 6.67 Å². The number of nitrogen functional groups attached to an aromatic ring is 1. The standard InChI is InChI=1S/C8H10FN5/c9-2-3-11-7-1-4-14-8(13-7)6(10)5-12-14/h1,4-5H,2-3,10H2,(H,11,13). The van der Waals surface area contributed by atoms with Gasteiger partial charge in [-0.25, -0.2) is 13.9 Å². The molecule has 0 fully saturated rings. The molecule has 0 saturated heterocycles. The van der Waals surface area contributed by atoms with Gasteiger partial charge in [-0.05, 0) is 6.07 Å². The molecule has 5 nitrogen and oxygen atoms in total. The Balaban J connectivity index is 2.34. The molecule has 0 saturated carbocycles. The number of nitrogens with one attached hydrogen (secondary N) is 1. The van der Waals surface area contributed by atoms with Crippen LogP contribution in [0.4, 0.5) is 15.9 Å². The van der Waals surface area contributed by atoms with Crippen LogP contribution in [0.15, 0.2) is 18.5 Å². The summed E-state index contributed by atoms with van der Waals surface area (Å²) in [5.74, 6) is 0.599. The molecule has 0 aromatic carbocycles. The monoisotopic (exact) mass is 195 g/mol. The third-order valence-electron chi connectivity index (χ3n) is 1.80. The Hall–Kier alpha value is -1.85. The fraction of sp³-hybridized carbons (Fsp3) is 0.250. The van der Waals surface area contributed by atoms with Crippen molar-refractivity contribution < 1.29 is 4.39 Å². The predicted octanol–water partition coefficient (Wildman–Crippen LogP) is 0.693. The summed E-state index contributed by atoms with van der Waals surface area (Å²) in [7, 11) is 0. The second-order valence-electron chi connectivity index (χ2n) is 2.80. The van der Waals surface area contributed by atoms with Crippen molar-refractivity contribution >= 4 is 17.2 Å². The molecule has 0 radical (unpaired) electrons. The lowest BCUT2D eigenvalue weighted by molar-refractivity contribution is 0.512. The van der Waals surface area contributed by atoms with Gasteiger partial charge in [-0.15, -0.1) is 0 Å². The molecular formula is C8H10FN5. The van der Waals surface area contributed by atoms with E-state index in [-0.39, 0.29) is 6.54 Å². The number of nitrogens with two attached hydrogens (primary N) is 1. The van der Waals surface area contributed by atoms with E-state index in [4.69, 9.17) is 5.73 Å². The van der Waals surface area contributed by atoms with E-state index in [0.29, 0.717) is 17.2 Å². The van der Waals surface area contributed by atoms with Crippen molar-refractivity contribution in [3.8, 4) is 0 Å². The van der Waals surface area contributed by atoms with E-state index in [9.17, 15) is 4.39 Å². The zero-order chi connectivity index (χ0) is 9.97. The van der Waals surface area contributed by atoms with Crippen molar-refractivity contribution in [1.82, 2.24) is 14.6 Å². The van der Waals surface area contributed by atoms with Crippen LogP contribution in [0.2, 0.25) is 0 Å². The molecule has 6 heteroatoms. The normalized spacial score (nSPS) is 10.6. The molecule has 0 spiro atoms. The Morgan fingerprint density at radius 3 is 3.21 bits per heavy atom. The van der Waals surface area contributed by atoms with Gasteiger partial charge in [-0.2, -0.15) is 5.10 Å². The summed E-state index contributed by atoms with van der Waals surface area (Å²) in [4.78, 5) is 4.17. The van der Waals surface area contributed by atoms with Crippen LogP contribution in [-0.4, -0.2) is 27.8 Å². The summed E-state index contributed by atoms with van der Waals surface area (Å²) in [5, 5.41) is 6.79. The van der Waals surface area contributed by atoms with Crippen LogP contribution in [0, 0.1) is 0 Å². The van der Waals surface area contributed by atoms with E-state index in [2.05, 4.69) is 15.4 Å². The predicted molar refractivity (Wildman–Crippen MR) is 51.9 cm³/mol. The minimum absolute atomic E-state index is 0.247. The lowest BCUT2D eigenvalue weighted by atomic mass is 10.5. The number of alkyl halides is 1. The fourth-order valence-corrected chi connectivity index (χ4v) is 1.16. The van der Waals surface area contributed by atoms with E-state index in [1.165, 1.54) is 6.20 Å². The van der Waals surface area contributed by atoms with Crippen molar-refractivity contribution in [3.05, 3.63) is 18.5 Å². The Morgan fingerprint density at radius 2 is 2.43 bits per heavy atom. The highest BCUT2D eigenvalue weighted by molar-refractivity contribution is 5.65. The topological polar surface area (TPSA) is 68.2 Å². The van der Waals surface area contributed by atoms with Crippen molar-refractivity contribution in [2.45, 2.75) is 0 Å². The maximum absolute atomic E-state index is 11.9. The van der Waals surface area contributed by atoms with Gasteiger partial charge in [0.2, 0.25) is 0 Å². The van der Waals surface area contributed by atoms with Crippen molar-refractivity contribution in [3.63, 3.8) is 0 Å². The van der Waals surface area contributed by atoms with Crippen LogP contribution in [0.3, 0.4) is 0 Å². The molecule has 0 aliphatic carbocycles. The highest BCUT2D eigenvalue weighted by Gasteiger charge is 2.02. The number of halogens is 1. The van der Waals surface area contributed by atoms with Gasteiger partial charge in [0.15, 0.2) is 5.65 Å². The Bertz CT molecular complexity index is 438. The van der Waals surface area contributed by atoms with Gasteiger partial charge in [-0.3, -0.25) is 0 Å². The minimum Gasteiger partial charge on any atom is -0.394 e. The molecule has 0 atom stereocenters. The first kappa shape index (κ1) is 8.74. The molecule has 0 aliphatic rings. The number of nitrogens with zero attached hydrogens (tertiary/aromatic N) is 3. The lowest BCUT2D eigenvalue weighted by Gasteiger charge is -2.02. The number of anilines is 2. The van der Waals surface area contributed by atoms with E-state index in [1.54, 1.807) is 16.8 Å². The molecule has 14 heavy (non-hydrogen) atoms. The number of rotatable bonds is 3. The number of fused-ring (bicyclic) bond motifs is 1. The molecule has 0 bridgehead atoms. The summed E-state index contributed by atoms with van der Waals surface area (Å²) in [6, 6.07) is 1.72. The van der Waals surface area contributed by atoms with Crippen molar-refractivity contribution in [2.75, 3.05) is 24.3 Å². The lowest BCUT2D eigenvalue weighted by Crippen LogP contribution is -2.05. The molecule has 3 N–H and O–H groups in total. The third kappa shape index (κ3) is 1.46. The number of hydrogen-bond acceptors (Lipinski definition) is 4. The van der Waals surface area contributed by atoms with E-state index in [1.807, 2.05) is 0 Å². The number of hydrogen-bond donors (Lipinski definition) is 2. The van der Waals surface area contributed by atoms with E-state index >= 15 is 0 Å². The first-order valence-electron chi connectivity index (χ1n) is 4.21. The van der Waals surface area contributed by atoms with Crippen LogP contribution in [-0.2, 0) is 0 Å². The molecule has 0 aliphatic heterocycles. The molecule has 2 aromatic heterocycles. The van der Waals surface area contributed by atoms with Gasteiger partial charge in [0.05, 0.1) is 11.9 Å². The minimum atomic E-state index is -0.429. The molecule has 74 valence electrons. The molecule has 0 amide bonds. The Morgan fingerprint density at radius 1 is 1.57 bits per heavy atom. The van der Waals surface area contributed by atoms with Gasteiger partial charge >= 0.3 is 0 Å². The average molecular weight is 195 g/mol. The molecule has 2 aromatic rings. The maximum Gasteiger partial charge on any atom is 0.180 e.